The highest BCUT2D eigenvalue weighted by molar-refractivity contribution is 6.34. The van der Waals surface area contributed by atoms with Crippen LogP contribution in [0.5, 0.6) is 0 Å². The molecule has 2 amide bonds. The molecule has 2 saturated heterocycles. The highest BCUT2D eigenvalue weighted by atomic mass is 35.5. The summed E-state index contributed by atoms with van der Waals surface area (Å²) in [5, 5.41) is 0.409. The van der Waals surface area contributed by atoms with Gasteiger partial charge in [-0.3, -0.25) is 9.59 Å². The van der Waals surface area contributed by atoms with E-state index in [0.29, 0.717) is 29.3 Å². The number of halogens is 6. The molecule has 41 heavy (non-hydrogen) atoms. The number of carbonyl (C=O) groups excluding carboxylic acids is 2. The first-order valence-electron chi connectivity index (χ1n) is 13.8. The summed E-state index contributed by atoms with van der Waals surface area (Å²) >= 11 is 6.38. The predicted molar refractivity (Wildman–Crippen MR) is 149 cm³/mol. The second-order valence-corrected chi connectivity index (χ2v) is 11.7. The van der Waals surface area contributed by atoms with Crippen LogP contribution in [0, 0.1) is 11.8 Å². The zero-order valence-corrected chi connectivity index (χ0v) is 23.9. The molecule has 2 aliphatic rings. The Kier molecular flexibility index (Phi) is 9.51. The van der Waals surface area contributed by atoms with Crippen molar-refractivity contribution in [3.8, 4) is 0 Å². The molecule has 0 bridgehead atoms. The molecule has 2 fully saturated rings. The Morgan fingerprint density at radius 1 is 0.902 bits per heavy atom. The average Bonchev–Trinajstić information content (AvgIpc) is 2.93. The van der Waals surface area contributed by atoms with Crippen molar-refractivity contribution in [3.05, 3.63) is 64.7 Å². The van der Waals surface area contributed by atoms with E-state index < -0.39 is 23.9 Å². The first-order chi connectivity index (χ1) is 19.3. The van der Waals surface area contributed by atoms with Crippen molar-refractivity contribution in [2.45, 2.75) is 50.1 Å². The van der Waals surface area contributed by atoms with E-state index in [1.165, 1.54) is 28.0 Å². The molecule has 11 heteroatoms. The van der Waals surface area contributed by atoms with Crippen LogP contribution in [0.25, 0.3) is 0 Å². The highest BCUT2D eigenvalue weighted by Crippen LogP contribution is 2.47. The van der Waals surface area contributed by atoms with Crippen LogP contribution in [0.3, 0.4) is 0 Å². The highest BCUT2D eigenvalue weighted by Gasteiger charge is 2.65. The Morgan fingerprint density at radius 3 is 1.98 bits per heavy atom. The van der Waals surface area contributed by atoms with Gasteiger partial charge in [-0.05, 0) is 67.7 Å². The molecular weight excluding hydrogens is 565 g/mol. The lowest BCUT2D eigenvalue weighted by Gasteiger charge is -2.39. The fourth-order valence-corrected chi connectivity index (χ4v) is 6.16. The quantitative estimate of drug-likeness (QED) is 0.326. The van der Waals surface area contributed by atoms with E-state index in [9.17, 15) is 31.5 Å². The molecule has 0 spiro atoms. The first kappa shape index (κ1) is 31.1. The summed E-state index contributed by atoms with van der Waals surface area (Å²) in [6.07, 6.45) is -1.88. The minimum Gasteiger partial charge on any atom is -0.371 e. The van der Waals surface area contributed by atoms with Crippen molar-refractivity contribution in [3.63, 3.8) is 0 Å². The third-order valence-electron chi connectivity index (χ3n) is 8.28. The maximum Gasteiger partial charge on any atom is 0.454 e. The second kappa shape index (κ2) is 12.5. The number of rotatable bonds is 7. The van der Waals surface area contributed by atoms with Crippen LogP contribution in [0.15, 0.2) is 48.5 Å². The Balaban J connectivity index is 1.31. The zero-order valence-electron chi connectivity index (χ0n) is 23.1. The summed E-state index contributed by atoms with van der Waals surface area (Å²) in [7, 11) is 3.35. The van der Waals surface area contributed by atoms with E-state index in [1.54, 1.807) is 20.2 Å². The van der Waals surface area contributed by atoms with Crippen molar-refractivity contribution in [1.29, 1.82) is 0 Å². The SMILES string of the molecule is CN(C)C(=O)c1ccc(N2CCC(CC3CCN(C(=O)C(c4ccccc4)C(F)(F)C(F)(F)F)CC3)CC2)cc1Cl. The summed E-state index contributed by atoms with van der Waals surface area (Å²) in [6, 6.07) is 12.0. The maximum absolute atomic E-state index is 14.5. The van der Waals surface area contributed by atoms with Crippen LogP contribution in [0.2, 0.25) is 5.02 Å². The summed E-state index contributed by atoms with van der Waals surface area (Å²) in [5.74, 6) is -8.38. The molecular formula is C30H35ClF5N3O2. The second-order valence-electron chi connectivity index (χ2n) is 11.3. The van der Waals surface area contributed by atoms with E-state index in [0.717, 1.165) is 50.2 Å². The van der Waals surface area contributed by atoms with Gasteiger partial charge in [0.15, 0.2) is 0 Å². The van der Waals surface area contributed by atoms with Crippen LogP contribution in [-0.2, 0) is 4.79 Å². The van der Waals surface area contributed by atoms with Crippen molar-refractivity contribution in [2.24, 2.45) is 11.8 Å². The molecule has 0 radical (unpaired) electrons. The fourth-order valence-electron chi connectivity index (χ4n) is 5.90. The minimum absolute atomic E-state index is 0.155. The summed E-state index contributed by atoms with van der Waals surface area (Å²) in [6.45, 7) is 1.97. The number of anilines is 1. The number of alkyl halides is 5. The number of hydrogen-bond acceptors (Lipinski definition) is 3. The topological polar surface area (TPSA) is 43.9 Å². The van der Waals surface area contributed by atoms with Gasteiger partial charge in [0.05, 0.1) is 10.6 Å². The number of likely N-dealkylation sites (tertiary alicyclic amines) is 1. The van der Waals surface area contributed by atoms with Gasteiger partial charge < -0.3 is 14.7 Å². The lowest BCUT2D eigenvalue weighted by atomic mass is 9.82. The molecule has 1 unspecified atom stereocenters. The molecule has 2 aromatic rings. The van der Waals surface area contributed by atoms with E-state index >= 15 is 0 Å². The largest absolute Gasteiger partial charge is 0.454 e. The van der Waals surface area contributed by atoms with E-state index in [-0.39, 0.29) is 30.5 Å². The Morgan fingerprint density at radius 2 is 1.46 bits per heavy atom. The fraction of sp³-hybridized carbons (Fsp3) is 0.533. The molecule has 0 saturated carbocycles. The molecule has 2 aromatic carbocycles. The normalized spacial score (nSPS) is 18.3. The van der Waals surface area contributed by atoms with E-state index in [2.05, 4.69) is 4.90 Å². The van der Waals surface area contributed by atoms with Gasteiger partial charge in [-0.1, -0.05) is 41.9 Å². The van der Waals surface area contributed by atoms with Crippen LogP contribution in [0.1, 0.15) is 53.9 Å². The number of nitrogens with zero attached hydrogens (tertiary/aromatic N) is 3. The van der Waals surface area contributed by atoms with E-state index in [4.69, 9.17) is 11.6 Å². The van der Waals surface area contributed by atoms with Gasteiger partial charge in [-0.15, -0.1) is 0 Å². The lowest BCUT2D eigenvalue weighted by molar-refractivity contribution is -0.289. The third-order valence-corrected chi connectivity index (χ3v) is 8.59. The minimum atomic E-state index is -5.84. The monoisotopic (exact) mass is 599 g/mol. The summed E-state index contributed by atoms with van der Waals surface area (Å²) in [4.78, 5) is 30.2. The Bertz CT molecular complexity index is 1210. The third kappa shape index (κ3) is 6.96. The van der Waals surface area contributed by atoms with Crippen molar-refractivity contribution >= 4 is 29.1 Å². The molecule has 4 rings (SSSR count). The zero-order chi connectivity index (χ0) is 29.9. The molecule has 0 aliphatic carbocycles. The average molecular weight is 600 g/mol. The molecule has 0 N–H and O–H groups in total. The van der Waals surface area contributed by atoms with Gasteiger partial charge in [-0.25, -0.2) is 0 Å². The van der Waals surface area contributed by atoms with Crippen molar-refractivity contribution in [2.75, 3.05) is 45.2 Å². The van der Waals surface area contributed by atoms with Gasteiger partial charge in [0.1, 0.15) is 5.92 Å². The molecule has 2 heterocycles. The molecule has 1 atom stereocenters. The first-order valence-corrected chi connectivity index (χ1v) is 14.2. The van der Waals surface area contributed by atoms with Crippen LogP contribution >= 0.6 is 11.6 Å². The molecule has 2 aliphatic heterocycles. The molecule has 5 nitrogen and oxygen atoms in total. The Hall–Kier alpha value is -2.88. The molecule has 0 aromatic heterocycles. The number of benzene rings is 2. The van der Waals surface area contributed by atoms with Crippen molar-refractivity contribution in [1.82, 2.24) is 9.80 Å². The van der Waals surface area contributed by atoms with Crippen LogP contribution in [0.4, 0.5) is 27.6 Å². The molecule has 224 valence electrons. The number of piperidine rings is 2. The van der Waals surface area contributed by atoms with Gasteiger partial charge >= 0.3 is 12.1 Å². The standard InChI is InChI=1S/C30H35ClF5N3O2/c1-37(2)27(40)24-9-8-23(19-25(24)31)38-14-10-20(11-15-38)18-21-12-16-39(17-13-21)28(41)26(22-6-4-3-5-7-22)29(32,33)30(34,35)36/h3-9,19-21,26H,10-18H2,1-2H3. The smallest absolute Gasteiger partial charge is 0.371 e. The van der Waals surface area contributed by atoms with Crippen LogP contribution in [-0.4, -0.2) is 74.0 Å². The van der Waals surface area contributed by atoms with Gasteiger partial charge in [0.25, 0.3) is 5.91 Å². The van der Waals surface area contributed by atoms with Crippen LogP contribution < -0.4 is 4.90 Å². The number of carbonyl (C=O) groups is 2. The Labute approximate surface area is 242 Å². The van der Waals surface area contributed by atoms with Gasteiger partial charge in [0.2, 0.25) is 5.91 Å². The number of hydrogen-bond donors (Lipinski definition) is 0. The van der Waals surface area contributed by atoms with E-state index in [1.807, 2.05) is 12.1 Å². The summed E-state index contributed by atoms with van der Waals surface area (Å²) < 4.78 is 69.0. The van der Waals surface area contributed by atoms with Gasteiger partial charge in [0, 0.05) is 46.0 Å². The summed E-state index contributed by atoms with van der Waals surface area (Å²) in [5.41, 5.74) is 1.07. The number of amides is 2. The van der Waals surface area contributed by atoms with Crippen molar-refractivity contribution < 1.29 is 31.5 Å². The lowest BCUT2D eigenvalue weighted by Crippen LogP contribution is -2.51. The van der Waals surface area contributed by atoms with Gasteiger partial charge in [-0.2, -0.15) is 22.0 Å². The maximum atomic E-state index is 14.5. The predicted octanol–water partition coefficient (Wildman–Crippen LogP) is 6.87.